The molecular weight excluding hydrogens is 694 g/mol. The summed E-state index contributed by atoms with van der Waals surface area (Å²) in [4.78, 5) is 15.1. The molecular formula is C38H33NO5S2Se. The molecule has 0 saturated heterocycles. The molecule has 1 unspecified atom stereocenters. The van der Waals surface area contributed by atoms with E-state index in [1.807, 2.05) is 74.5 Å². The first-order chi connectivity index (χ1) is 22.4. The van der Waals surface area contributed by atoms with E-state index in [-0.39, 0.29) is 15.5 Å². The molecule has 1 amide bonds. The monoisotopic (exact) mass is 727 g/mol. The number of nitrogens with zero attached hydrogens (tertiary/aromatic N) is 1. The standard InChI is InChI=1S/C38H33NO5S2Se/c1-27-18-22-30(23-19-27)45(41,42)26-38(3)35(36(29-12-6-4-7-13-29)47-32-14-8-5-9-15-32)33-16-10-11-17-34(33)39(37(38)40)46(43,44)31-24-20-28(2)21-25-31/h4-25H,26H2,1-3H3/b36-35-. The van der Waals surface area contributed by atoms with Crippen LogP contribution in [0.15, 0.2) is 143 Å². The van der Waals surface area contributed by atoms with Crippen molar-refractivity contribution in [3.05, 3.63) is 156 Å². The molecule has 238 valence electrons. The van der Waals surface area contributed by atoms with Gasteiger partial charge in [-0.3, -0.25) is 0 Å². The van der Waals surface area contributed by atoms with Crippen molar-refractivity contribution in [1.29, 1.82) is 0 Å². The molecule has 5 aromatic rings. The third kappa shape index (κ3) is 6.24. The Bertz CT molecular complexity index is 2200. The summed E-state index contributed by atoms with van der Waals surface area (Å²) in [5, 5.41) is 0. The van der Waals surface area contributed by atoms with Gasteiger partial charge in [0, 0.05) is 0 Å². The molecule has 0 aromatic heterocycles. The molecule has 0 fully saturated rings. The number of sulfonamides is 1. The van der Waals surface area contributed by atoms with Gasteiger partial charge in [-0.15, -0.1) is 0 Å². The first kappa shape index (κ1) is 32.7. The SMILES string of the molecule is Cc1ccc(S(=O)(=O)CC2(C)C(=O)N(S(=O)(=O)c3ccc(C)cc3)c3ccccc3/C2=C(/[Se]c2ccccc2)c2ccccc2)cc1. The van der Waals surface area contributed by atoms with Crippen molar-refractivity contribution in [2.24, 2.45) is 5.41 Å². The number of anilines is 1. The van der Waals surface area contributed by atoms with Crippen LogP contribution in [0.4, 0.5) is 5.69 Å². The van der Waals surface area contributed by atoms with Crippen LogP contribution in [-0.2, 0) is 24.7 Å². The molecule has 5 aromatic carbocycles. The molecule has 0 spiro atoms. The number of carbonyl (C=O) groups excluding carboxylic acids is 1. The Hall–Kier alpha value is -4.27. The average molecular weight is 727 g/mol. The zero-order chi connectivity index (χ0) is 33.4. The number of fused-ring (bicyclic) bond motifs is 1. The second-order valence-corrected chi connectivity index (χ2v) is 17.8. The molecule has 9 heteroatoms. The molecule has 0 saturated carbocycles. The normalized spacial score (nSPS) is 17.7. The van der Waals surface area contributed by atoms with Crippen LogP contribution in [0.25, 0.3) is 10.0 Å². The van der Waals surface area contributed by atoms with Crippen molar-refractivity contribution in [2.75, 3.05) is 10.1 Å². The number of aryl methyl sites for hydroxylation is 2. The number of amides is 1. The second-order valence-electron chi connectivity index (χ2n) is 11.8. The van der Waals surface area contributed by atoms with E-state index >= 15 is 4.79 Å². The summed E-state index contributed by atoms with van der Waals surface area (Å²) < 4.78 is 60.0. The molecule has 6 rings (SSSR count). The number of para-hydroxylation sites is 1. The first-order valence-corrected chi connectivity index (χ1v) is 19.8. The summed E-state index contributed by atoms with van der Waals surface area (Å²) >= 11 is -0.391. The van der Waals surface area contributed by atoms with Crippen LogP contribution >= 0.6 is 0 Å². The van der Waals surface area contributed by atoms with Crippen LogP contribution in [0.5, 0.6) is 0 Å². The molecule has 0 aliphatic carbocycles. The fourth-order valence-electron chi connectivity index (χ4n) is 5.82. The number of rotatable bonds is 8. The predicted octanol–water partition coefficient (Wildman–Crippen LogP) is 6.42. The third-order valence-electron chi connectivity index (χ3n) is 8.24. The van der Waals surface area contributed by atoms with Gasteiger partial charge in [-0.1, -0.05) is 0 Å². The molecule has 1 aliphatic heterocycles. The van der Waals surface area contributed by atoms with E-state index in [0.29, 0.717) is 11.1 Å². The van der Waals surface area contributed by atoms with Crippen molar-refractivity contribution >= 4 is 60.9 Å². The van der Waals surface area contributed by atoms with Crippen LogP contribution < -0.4 is 8.77 Å². The van der Waals surface area contributed by atoms with E-state index < -0.39 is 51.9 Å². The van der Waals surface area contributed by atoms with Gasteiger partial charge in [-0.2, -0.15) is 0 Å². The van der Waals surface area contributed by atoms with Gasteiger partial charge < -0.3 is 0 Å². The molecule has 1 heterocycles. The van der Waals surface area contributed by atoms with Gasteiger partial charge in [-0.05, 0) is 0 Å². The van der Waals surface area contributed by atoms with Gasteiger partial charge in [0.25, 0.3) is 0 Å². The summed E-state index contributed by atoms with van der Waals surface area (Å²) in [6.07, 6.45) is 0. The van der Waals surface area contributed by atoms with Crippen molar-refractivity contribution in [3.8, 4) is 0 Å². The maximum absolute atomic E-state index is 15.1. The summed E-state index contributed by atoms with van der Waals surface area (Å²) in [6, 6.07) is 39.1. The Labute approximate surface area is 282 Å². The summed E-state index contributed by atoms with van der Waals surface area (Å²) in [5.74, 6) is -1.45. The molecule has 6 nitrogen and oxygen atoms in total. The number of carbonyl (C=O) groups is 1. The number of hydrogen-bond donors (Lipinski definition) is 0. The predicted molar refractivity (Wildman–Crippen MR) is 189 cm³/mol. The summed E-state index contributed by atoms with van der Waals surface area (Å²) in [7, 11) is -8.54. The van der Waals surface area contributed by atoms with Crippen molar-refractivity contribution in [3.63, 3.8) is 0 Å². The minimum atomic E-state index is -4.44. The quantitative estimate of drug-likeness (QED) is 0.173. The van der Waals surface area contributed by atoms with E-state index in [1.165, 1.54) is 24.3 Å². The van der Waals surface area contributed by atoms with Gasteiger partial charge in [0.2, 0.25) is 0 Å². The Kier molecular flexibility index (Phi) is 8.85. The fraction of sp³-hybridized carbons (Fsp3) is 0.132. The first-order valence-electron chi connectivity index (χ1n) is 15.0. The van der Waals surface area contributed by atoms with Crippen molar-refractivity contribution in [2.45, 2.75) is 30.6 Å². The number of benzene rings is 5. The summed E-state index contributed by atoms with van der Waals surface area (Å²) in [6.45, 7) is 5.29. The zero-order valence-corrected chi connectivity index (χ0v) is 29.5. The van der Waals surface area contributed by atoms with E-state index in [1.54, 1.807) is 55.5 Å². The van der Waals surface area contributed by atoms with Gasteiger partial charge in [0.05, 0.1) is 0 Å². The molecule has 0 radical (unpaired) electrons. The number of sulfone groups is 1. The van der Waals surface area contributed by atoms with Crippen LogP contribution in [0.3, 0.4) is 0 Å². The molecule has 1 atom stereocenters. The van der Waals surface area contributed by atoms with Crippen LogP contribution in [0, 0.1) is 19.3 Å². The van der Waals surface area contributed by atoms with Crippen molar-refractivity contribution < 1.29 is 21.6 Å². The van der Waals surface area contributed by atoms with Gasteiger partial charge in [-0.25, -0.2) is 0 Å². The Morgan fingerprint density at radius 2 is 1.17 bits per heavy atom. The van der Waals surface area contributed by atoms with Gasteiger partial charge >= 0.3 is 284 Å². The maximum atomic E-state index is 15.1. The molecule has 0 bridgehead atoms. The second kappa shape index (κ2) is 12.7. The third-order valence-corrected chi connectivity index (χ3v) is 14.3. The van der Waals surface area contributed by atoms with E-state index in [0.717, 1.165) is 29.9 Å². The fourth-order valence-corrected chi connectivity index (χ4v) is 11.7. The van der Waals surface area contributed by atoms with Gasteiger partial charge in [0.15, 0.2) is 0 Å². The molecule has 1 aliphatic rings. The van der Waals surface area contributed by atoms with Gasteiger partial charge in [0.1, 0.15) is 0 Å². The van der Waals surface area contributed by atoms with E-state index in [9.17, 15) is 16.8 Å². The van der Waals surface area contributed by atoms with E-state index in [2.05, 4.69) is 0 Å². The Morgan fingerprint density at radius 1 is 0.660 bits per heavy atom. The van der Waals surface area contributed by atoms with Crippen LogP contribution in [0.1, 0.15) is 29.2 Å². The zero-order valence-electron chi connectivity index (χ0n) is 26.1. The molecule has 0 N–H and O–H groups in total. The van der Waals surface area contributed by atoms with Crippen LogP contribution in [-0.4, -0.2) is 43.5 Å². The van der Waals surface area contributed by atoms with E-state index in [4.69, 9.17) is 0 Å². The Morgan fingerprint density at radius 3 is 1.77 bits per heavy atom. The summed E-state index contributed by atoms with van der Waals surface area (Å²) in [5.41, 5.74) is 2.01. The molecule has 47 heavy (non-hydrogen) atoms. The van der Waals surface area contributed by atoms with Crippen molar-refractivity contribution in [1.82, 2.24) is 0 Å². The average Bonchev–Trinajstić information content (AvgIpc) is 3.06. The topological polar surface area (TPSA) is 88.6 Å². The Balaban J connectivity index is 1.68. The number of hydrogen-bond acceptors (Lipinski definition) is 5. The minimum absolute atomic E-state index is 0.0563. The van der Waals surface area contributed by atoms with Crippen LogP contribution in [0.2, 0.25) is 0 Å².